The van der Waals surface area contributed by atoms with Crippen molar-refractivity contribution in [2.45, 2.75) is 297 Å². The average molecular weight is 902 g/mol. The first-order valence-corrected chi connectivity index (χ1v) is 28.5. The summed E-state index contributed by atoms with van der Waals surface area (Å²) in [6.07, 6.45) is 62.4. The molecule has 0 radical (unpaired) electrons. The second-order valence-electron chi connectivity index (χ2n) is 18.5. The molecule has 0 N–H and O–H groups in total. The van der Waals surface area contributed by atoms with Gasteiger partial charge in [0.1, 0.15) is 12.7 Å². The molecule has 63 heavy (non-hydrogen) atoms. The molecule has 0 aromatic rings. The van der Waals surface area contributed by atoms with Gasteiger partial charge in [-0.3, -0.25) is 14.4 Å². The van der Waals surface area contributed by atoms with Crippen LogP contribution in [0.2, 0.25) is 0 Å². The van der Waals surface area contributed by atoms with Crippen molar-refractivity contribution in [3.63, 3.8) is 0 Å². The zero-order valence-electron chi connectivity index (χ0n) is 42.1. The van der Waals surface area contributed by atoms with Crippen LogP contribution in [0.25, 0.3) is 0 Å². The Morgan fingerprint density at radius 3 is 1.00 bits per heavy atom. The van der Waals surface area contributed by atoms with Crippen molar-refractivity contribution in [1.29, 1.82) is 0 Å². The van der Waals surface area contributed by atoms with Gasteiger partial charge in [0.15, 0.2) is 5.12 Å². The molecule has 5 nitrogen and oxygen atoms in total. The molecule has 6 heteroatoms. The molecule has 0 bridgehead atoms. The van der Waals surface area contributed by atoms with Gasteiger partial charge >= 0.3 is 11.9 Å². The van der Waals surface area contributed by atoms with Crippen molar-refractivity contribution in [2.75, 3.05) is 12.4 Å². The zero-order valence-corrected chi connectivity index (χ0v) is 42.9. The minimum absolute atomic E-state index is 0.0235. The van der Waals surface area contributed by atoms with Crippen LogP contribution in [0.3, 0.4) is 0 Å². The standard InChI is InChI=1S/C57H104O5S/c1-4-7-10-13-16-19-22-25-28-31-34-37-40-43-46-49-55(58)61-52-54(62-56(59)50-47-44-41-38-35-32-29-26-23-20-17-14-11-8-5-2)53-63-57(60)51-48-45-42-39-36-33-30-27-24-21-18-15-12-9-6-3/h25-30,54H,4-24,31-53H2,1-3H3. The second-order valence-corrected chi connectivity index (χ2v) is 19.6. The van der Waals surface area contributed by atoms with Crippen molar-refractivity contribution in [2.24, 2.45) is 0 Å². The number of hydrogen-bond acceptors (Lipinski definition) is 6. The molecule has 1 atom stereocenters. The molecule has 0 saturated carbocycles. The van der Waals surface area contributed by atoms with E-state index in [-0.39, 0.29) is 23.7 Å². The Labute approximate surface area is 396 Å². The minimum atomic E-state index is -0.596. The van der Waals surface area contributed by atoms with Crippen molar-refractivity contribution in [1.82, 2.24) is 0 Å². The van der Waals surface area contributed by atoms with Crippen molar-refractivity contribution in [3.8, 4) is 0 Å². The summed E-state index contributed by atoms with van der Waals surface area (Å²) < 4.78 is 11.4. The maximum absolute atomic E-state index is 12.9. The van der Waals surface area contributed by atoms with E-state index in [1.54, 1.807) is 0 Å². The van der Waals surface area contributed by atoms with Crippen molar-refractivity contribution >= 4 is 28.8 Å². The monoisotopic (exact) mass is 901 g/mol. The van der Waals surface area contributed by atoms with Gasteiger partial charge in [-0.15, -0.1) is 0 Å². The third-order valence-corrected chi connectivity index (χ3v) is 13.2. The Kier molecular flexibility index (Phi) is 51.3. The van der Waals surface area contributed by atoms with Crippen molar-refractivity contribution < 1.29 is 23.9 Å². The molecule has 0 aliphatic heterocycles. The van der Waals surface area contributed by atoms with Gasteiger partial charge in [0.05, 0.1) is 0 Å². The van der Waals surface area contributed by atoms with Gasteiger partial charge < -0.3 is 9.47 Å². The molecule has 0 saturated heterocycles. The van der Waals surface area contributed by atoms with Crippen LogP contribution in [0.1, 0.15) is 290 Å². The number of unbranched alkanes of at least 4 members (excludes halogenated alkanes) is 33. The molecule has 1 unspecified atom stereocenters. The van der Waals surface area contributed by atoms with Crippen LogP contribution in [-0.2, 0) is 23.9 Å². The van der Waals surface area contributed by atoms with E-state index in [1.165, 1.54) is 185 Å². The quantitative estimate of drug-likeness (QED) is 0.0344. The lowest BCUT2D eigenvalue weighted by atomic mass is 10.1. The number of thioether (sulfide) groups is 1. The molecule has 0 aromatic heterocycles. The van der Waals surface area contributed by atoms with Gasteiger partial charge in [-0.1, -0.05) is 223 Å². The predicted molar refractivity (Wildman–Crippen MR) is 277 cm³/mol. The van der Waals surface area contributed by atoms with E-state index < -0.39 is 6.10 Å². The Hall–Kier alpha value is -1.82. The second kappa shape index (κ2) is 52.8. The minimum Gasteiger partial charge on any atom is -0.462 e. The van der Waals surface area contributed by atoms with Crippen LogP contribution in [-0.4, -0.2) is 35.5 Å². The van der Waals surface area contributed by atoms with E-state index in [0.717, 1.165) is 77.0 Å². The summed E-state index contributed by atoms with van der Waals surface area (Å²) in [5.74, 6) is -0.158. The number of ether oxygens (including phenoxy) is 2. The maximum Gasteiger partial charge on any atom is 0.306 e. The fourth-order valence-electron chi connectivity index (χ4n) is 7.90. The third-order valence-electron chi connectivity index (χ3n) is 12.1. The number of esters is 2. The number of carbonyl (C=O) groups excluding carboxylic acids is 3. The van der Waals surface area contributed by atoms with Crippen LogP contribution in [0.4, 0.5) is 0 Å². The molecule has 0 aromatic carbocycles. The van der Waals surface area contributed by atoms with Gasteiger partial charge in [0.25, 0.3) is 0 Å². The van der Waals surface area contributed by atoms with Gasteiger partial charge in [-0.2, -0.15) is 0 Å². The highest BCUT2D eigenvalue weighted by molar-refractivity contribution is 8.13. The predicted octanol–water partition coefficient (Wildman–Crippen LogP) is 18.8. The molecule has 0 aliphatic rings. The summed E-state index contributed by atoms with van der Waals surface area (Å²) in [6.45, 7) is 6.82. The topological polar surface area (TPSA) is 69.7 Å². The van der Waals surface area contributed by atoms with Gasteiger partial charge in [-0.05, 0) is 96.3 Å². The Balaban J connectivity index is 4.39. The van der Waals surface area contributed by atoms with Crippen LogP contribution in [0.15, 0.2) is 36.5 Å². The number of allylic oxidation sites excluding steroid dienone is 6. The van der Waals surface area contributed by atoms with Crippen molar-refractivity contribution in [3.05, 3.63) is 36.5 Å². The highest BCUT2D eigenvalue weighted by atomic mass is 32.2. The molecule has 368 valence electrons. The van der Waals surface area contributed by atoms with E-state index in [9.17, 15) is 14.4 Å². The molecular weight excluding hydrogens is 797 g/mol. The Morgan fingerprint density at radius 2 is 0.651 bits per heavy atom. The number of rotatable bonds is 50. The summed E-state index contributed by atoms with van der Waals surface area (Å²) in [6, 6.07) is 0. The van der Waals surface area contributed by atoms with E-state index in [0.29, 0.717) is 25.0 Å². The molecule has 0 fully saturated rings. The summed E-state index contributed by atoms with van der Waals surface area (Å²) in [5.41, 5.74) is 0. The van der Waals surface area contributed by atoms with E-state index in [2.05, 4.69) is 57.2 Å². The summed E-state index contributed by atoms with van der Waals surface area (Å²) in [5, 5.41) is 0.130. The van der Waals surface area contributed by atoms with Gasteiger partial charge in [-0.25, -0.2) is 0 Å². The number of carbonyl (C=O) groups is 3. The highest BCUT2D eigenvalue weighted by Crippen LogP contribution is 2.18. The van der Waals surface area contributed by atoms with E-state index in [4.69, 9.17) is 9.47 Å². The van der Waals surface area contributed by atoms with Crippen LogP contribution in [0, 0.1) is 0 Å². The Morgan fingerprint density at radius 1 is 0.365 bits per heavy atom. The fourth-order valence-corrected chi connectivity index (χ4v) is 8.72. The largest absolute Gasteiger partial charge is 0.462 e. The third kappa shape index (κ3) is 51.0. The molecule has 0 aliphatic carbocycles. The average Bonchev–Trinajstić information content (AvgIpc) is 3.28. The molecular formula is C57H104O5S. The lowest BCUT2D eigenvalue weighted by Crippen LogP contribution is -2.28. The van der Waals surface area contributed by atoms with Crippen LogP contribution < -0.4 is 0 Å². The first kappa shape index (κ1) is 61.2. The summed E-state index contributed by atoms with van der Waals surface area (Å²) in [7, 11) is 0. The van der Waals surface area contributed by atoms with E-state index in [1.807, 2.05) is 0 Å². The maximum atomic E-state index is 12.9. The molecule has 0 heterocycles. The van der Waals surface area contributed by atoms with Crippen LogP contribution >= 0.6 is 11.8 Å². The lowest BCUT2D eigenvalue weighted by Gasteiger charge is -2.17. The molecule has 0 spiro atoms. The zero-order chi connectivity index (χ0) is 45.8. The first-order valence-electron chi connectivity index (χ1n) is 27.5. The number of hydrogen-bond donors (Lipinski definition) is 0. The normalized spacial score (nSPS) is 12.3. The first-order chi connectivity index (χ1) is 31.0. The van der Waals surface area contributed by atoms with Gasteiger partial charge in [0.2, 0.25) is 0 Å². The highest BCUT2D eigenvalue weighted by Gasteiger charge is 2.19. The Bertz CT molecular complexity index is 1010. The lowest BCUT2D eigenvalue weighted by molar-refractivity contribution is -0.157. The molecule has 0 rings (SSSR count). The summed E-state index contributed by atoms with van der Waals surface area (Å²) in [4.78, 5) is 38.3. The fraction of sp³-hybridized carbons (Fsp3) is 0.842. The van der Waals surface area contributed by atoms with E-state index >= 15 is 0 Å². The van der Waals surface area contributed by atoms with Crippen LogP contribution in [0.5, 0.6) is 0 Å². The summed E-state index contributed by atoms with van der Waals surface area (Å²) >= 11 is 1.23. The SMILES string of the molecule is CCCCCCCCC=CCCCCCCCC(=O)OCC(CSC(=O)CCCCCCCC=CCCCCCCCC)OC(=O)CCCCCCCC=CCCCCCCCC. The van der Waals surface area contributed by atoms with Gasteiger partial charge in [0, 0.05) is 25.0 Å². The smallest absolute Gasteiger partial charge is 0.306 e. The molecule has 0 amide bonds.